The molecule has 0 aliphatic carbocycles. The molecule has 128 valence electrons. The normalized spacial score (nSPS) is 17.1. The third-order valence-corrected chi connectivity index (χ3v) is 4.45. The molecule has 2 N–H and O–H groups in total. The van der Waals surface area contributed by atoms with E-state index in [1.165, 1.54) is 17.8 Å². The number of aliphatic imine (C=N–C) groups is 1. The van der Waals surface area contributed by atoms with Gasteiger partial charge in [0.1, 0.15) is 0 Å². The summed E-state index contributed by atoms with van der Waals surface area (Å²) in [5.41, 5.74) is 1.46. The van der Waals surface area contributed by atoms with Crippen LogP contribution in [0.25, 0.3) is 6.08 Å². The van der Waals surface area contributed by atoms with E-state index in [0.29, 0.717) is 33.1 Å². The third-order valence-electron chi connectivity index (χ3n) is 3.29. The van der Waals surface area contributed by atoms with Crippen LogP contribution in [-0.4, -0.2) is 22.8 Å². The summed E-state index contributed by atoms with van der Waals surface area (Å²) in [5.74, 6) is 0.233. The number of rotatable bonds is 4. The van der Waals surface area contributed by atoms with Gasteiger partial charge in [0.15, 0.2) is 16.7 Å². The van der Waals surface area contributed by atoms with E-state index in [4.69, 9.17) is 16.3 Å². The maximum absolute atomic E-state index is 12.1. The third kappa shape index (κ3) is 4.35. The minimum Gasteiger partial charge on any atom is -0.504 e. The van der Waals surface area contributed by atoms with Gasteiger partial charge < -0.3 is 15.2 Å². The molecule has 0 atom stereocenters. The Hall–Kier alpha value is -2.44. The van der Waals surface area contributed by atoms with E-state index in [1.807, 2.05) is 6.92 Å². The van der Waals surface area contributed by atoms with Gasteiger partial charge in [0, 0.05) is 5.02 Å². The highest BCUT2D eigenvalue weighted by Crippen LogP contribution is 2.31. The number of benzene rings is 2. The number of phenols is 1. The zero-order chi connectivity index (χ0) is 17.8. The second-order valence-electron chi connectivity index (χ2n) is 5.12. The fraction of sp³-hybridized carbons (Fsp3) is 0.111. The van der Waals surface area contributed by atoms with Crippen molar-refractivity contribution in [2.45, 2.75) is 6.92 Å². The number of hydrogen-bond acceptors (Lipinski definition) is 5. The summed E-state index contributed by atoms with van der Waals surface area (Å²) in [7, 11) is 0. The number of nitrogens with zero attached hydrogens (tertiary/aromatic N) is 1. The average Bonchev–Trinajstić information content (AvgIpc) is 2.92. The summed E-state index contributed by atoms with van der Waals surface area (Å²) >= 11 is 7.10. The van der Waals surface area contributed by atoms with Crippen LogP contribution >= 0.6 is 23.4 Å². The largest absolute Gasteiger partial charge is 0.504 e. The quantitative estimate of drug-likeness (QED) is 0.781. The van der Waals surface area contributed by atoms with Gasteiger partial charge in [0.05, 0.1) is 17.2 Å². The number of hydrogen-bond donors (Lipinski definition) is 2. The summed E-state index contributed by atoms with van der Waals surface area (Å²) in [4.78, 5) is 17.0. The van der Waals surface area contributed by atoms with Crippen molar-refractivity contribution in [1.29, 1.82) is 0 Å². The smallest absolute Gasteiger partial charge is 0.264 e. The van der Waals surface area contributed by atoms with E-state index in [1.54, 1.807) is 42.5 Å². The number of carbonyl (C=O) groups is 1. The van der Waals surface area contributed by atoms with Crippen molar-refractivity contribution in [2.24, 2.45) is 4.99 Å². The van der Waals surface area contributed by atoms with Gasteiger partial charge in [-0.15, -0.1) is 0 Å². The molecule has 7 heteroatoms. The standard InChI is InChI=1S/C18H15ClN2O3S/c1-2-24-15-9-11(3-8-14(15)22)10-16-17(23)21-18(25-16)20-13-6-4-12(19)5-7-13/h3-10,22H,2H2,1H3,(H,20,21,23)/b16-10-. The van der Waals surface area contributed by atoms with E-state index in [2.05, 4.69) is 10.3 Å². The van der Waals surface area contributed by atoms with E-state index in [0.717, 1.165) is 5.56 Å². The van der Waals surface area contributed by atoms with Gasteiger partial charge in [0.25, 0.3) is 5.91 Å². The van der Waals surface area contributed by atoms with Crippen LogP contribution in [0, 0.1) is 0 Å². The molecule has 1 heterocycles. The van der Waals surface area contributed by atoms with Gasteiger partial charge in [-0.05, 0) is 66.7 Å². The van der Waals surface area contributed by atoms with Crippen LogP contribution in [-0.2, 0) is 4.79 Å². The first-order valence-corrected chi connectivity index (χ1v) is 8.75. The Balaban J connectivity index is 1.81. The van der Waals surface area contributed by atoms with Crippen molar-refractivity contribution in [2.75, 3.05) is 6.61 Å². The lowest BCUT2D eigenvalue weighted by atomic mass is 10.2. The number of aromatic hydroxyl groups is 1. The molecular formula is C18H15ClN2O3S. The maximum atomic E-state index is 12.1. The number of ether oxygens (including phenoxy) is 1. The summed E-state index contributed by atoms with van der Waals surface area (Å²) in [6.07, 6.45) is 1.73. The summed E-state index contributed by atoms with van der Waals surface area (Å²) in [6.45, 7) is 2.28. The van der Waals surface area contributed by atoms with Gasteiger partial charge in [-0.3, -0.25) is 4.79 Å². The predicted molar refractivity (Wildman–Crippen MR) is 102 cm³/mol. The molecule has 25 heavy (non-hydrogen) atoms. The highest BCUT2D eigenvalue weighted by Gasteiger charge is 2.23. The van der Waals surface area contributed by atoms with Crippen molar-refractivity contribution >= 4 is 46.2 Å². The van der Waals surface area contributed by atoms with Crippen LogP contribution in [0.3, 0.4) is 0 Å². The van der Waals surface area contributed by atoms with Gasteiger partial charge in [0.2, 0.25) is 0 Å². The molecule has 2 aromatic rings. The highest BCUT2D eigenvalue weighted by atomic mass is 35.5. The van der Waals surface area contributed by atoms with E-state index in [-0.39, 0.29) is 11.7 Å². The zero-order valence-corrected chi connectivity index (χ0v) is 14.9. The monoisotopic (exact) mass is 374 g/mol. The van der Waals surface area contributed by atoms with Crippen molar-refractivity contribution < 1.29 is 14.6 Å². The van der Waals surface area contributed by atoms with Crippen LogP contribution in [0.4, 0.5) is 5.69 Å². The molecule has 0 saturated carbocycles. The van der Waals surface area contributed by atoms with Crippen LogP contribution in [0.2, 0.25) is 5.02 Å². The Labute approximate surface area is 154 Å². The van der Waals surface area contributed by atoms with E-state index in [9.17, 15) is 9.90 Å². The fourth-order valence-electron chi connectivity index (χ4n) is 2.16. The topological polar surface area (TPSA) is 70.9 Å². The Bertz CT molecular complexity index is 863. The second kappa shape index (κ2) is 7.63. The van der Waals surface area contributed by atoms with Crippen LogP contribution in [0.15, 0.2) is 52.4 Å². The fourth-order valence-corrected chi connectivity index (χ4v) is 3.12. The summed E-state index contributed by atoms with van der Waals surface area (Å²) in [6, 6.07) is 12.0. The first kappa shape index (κ1) is 17.4. The Kier molecular flexibility index (Phi) is 5.31. The number of amidine groups is 1. The Morgan fingerprint density at radius 2 is 2.04 bits per heavy atom. The maximum Gasteiger partial charge on any atom is 0.264 e. The van der Waals surface area contributed by atoms with Gasteiger partial charge in [-0.1, -0.05) is 17.7 Å². The first-order chi connectivity index (χ1) is 12.0. The minimum atomic E-state index is -0.219. The SMILES string of the molecule is CCOc1cc(/C=C2\SC(=Nc3ccc(Cl)cc3)NC2=O)ccc1O. The lowest BCUT2D eigenvalue weighted by Crippen LogP contribution is -2.19. The molecule has 1 amide bonds. The molecule has 0 unspecified atom stereocenters. The molecule has 2 aromatic carbocycles. The van der Waals surface area contributed by atoms with Gasteiger partial charge in [-0.2, -0.15) is 0 Å². The molecule has 1 aliphatic rings. The molecule has 0 spiro atoms. The van der Waals surface area contributed by atoms with Crippen LogP contribution < -0.4 is 10.1 Å². The summed E-state index contributed by atoms with van der Waals surface area (Å²) in [5, 5.41) is 13.6. The van der Waals surface area contributed by atoms with Crippen molar-refractivity contribution in [1.82, 2.24) is 5.32 Å². The lowest BCUT2D eigenvalue weighted by molar-refractivity contribution is -0.115. The van der Waals surface area contributed by atoms with Crippen LogP contribution in [0.5, 0.6) is 11.5 Å². The molecule has 1 saturated heterocycles. The molecule has 5 nitrogen and oxygen atoms in total. The van der Waals surface area contributed by atoms with E-state index >= 15 is 0 Å². The predicted octanol–water partition coefficient (Wildman–Crippen LogP) is 4.34. The molecule has 3 rings (SSSR count). The first-order valence-electron chi connectivity index (χ1n) is 7.56. The molecule has 0 bridgehead atoms. The number of thioether (sulfide) groups is 1. The Morgan fingerprint density at radius 3 is 2.76 bits per heavy atom. The number of halogens is 1. The summed E-state index contributed by atoms with van der Waals surface area (Å²) < 4.78 is 5.36. The van der Waals surface area contributed by atoms with Crippen LogP contribution in [0.1, 0.15) is 12.5 Å². The van der Waals surface area contributed by atoms with Crippen molar-refractivity contribution in [3.63, 3.8) is 0 Å². The lowest BCUT2D eigenvalue weighted by Gasteiger charge is -2.06. The number of amides is 1. The Morgan fingerprint density at radius 1 is 1.28 bits per heavy atom. The van der Waals surface area contributed by atoms with Gasteiger partial charge >= 0.3 is 0 Å². The highest BCUT2D eigenvalue weighted by molar-refractivity contribution is 8.18. The molecule has 0 aromatic heterocycles. The molecular weight excluding hydrogens is 360 g/mol. The molecule has 1 fully saturated rings. The average molecular weight is 375 g/mol. The van der Waals surface area contributed by atoms with Gasteiger partial charge in [-0.25, -0.2) is 4.99 Å². The molecule has 0 radical (unpaired) electrons. The minimum absolute atomic E-state index is 0.0671. The van der Waals surface area contributed by atoms with Crippen molar-refractivity contribution in [3.8, 4) is 11.5 Å². The number of nitrogens with one attached hydrogen (secondary N) is 1. The van der Waals surface area contributed by atoms with Crippen molar-refractivity contribution in [3.05, 3.63) is 58.0 Å². The zero-order valence-electron chi connectivity index (χ0n) is 13.3. The number of carbonyl (C=O) groups excluding carboxylic acids is 1. The second-order valence-corrected chi connectivity index (χ2v) is 6.59. The number of phenolic OH excluding ortho intramolecular Hbond substituents is 1. The van der Waals surface area contributed by atoms with E-state index < -0.39 is 0 Å². The molecule has 1 aliphatic heterocycles.